The minimum Gasteiger partial charge on any atom is -0.465 e. The molecule has 0 N–H and O–H groups in total. The molecule has 1 saturated carbocycles. The molecule has 5 nitrogen and oxygen atoms in total. The highest BCUT2D eigenvalue weighted by Gasteiger charge is 2.50. The number of ether oxygens (including phenoxy) is 2. The molecule has 1 aliphatic heterocycles. The Morgan fingerprint density at radius 1 is 1.38 bits per heavy atom. The minimum absolute atomic E-state index is 0.152. The van der Waals surface area contributed by atoms with Crippen molar-refractivity contribution in [3.63, 3.8) is 0 Å². The van der Waals surface area contributed by atoms with Gasteiger partial charge in [-0.15, -0.1) is 0 Å². The lowest BCUT2D eigenvalue weighted by Gasteiger charge is -2.56. The van der Waals surface area contributed by atoms with E-state index in [1.165, 1.54) is 18.4 Å². The lowest BCUT2D eigenvalue weighted by Crippen LogP contribution is -2.48. The summed E-state index contributed by atoms with van der Waals surface area (Å²) in [4.78, 5) is 12.3. The van der Waals surface area contributed by atoms with Crippen LogP contribution in [0.15, 0.2) is 23.9 Å². The topological polar surface area (TPSA) is 53.3 Å². The van der Waals surface area contributed by atoms with E-state index in [-0.39, 0.29) is 5.97 Å². The number of carbonyl (C=O) groups excluding carboxylic acids is 1. The van der Waals surface area contributed by atoms with Crippen LogP contribution >= 0.6 is 0 Å². The SMILES string of the molecule is CC1(C)[C@H]2CC=C(CCOC(=O)Cc3ccnn3C3CCOCC3)[C@@H]1C2. The van der Waals surface area contributed by atoms with Crippen LogP contribution in [0, 0.1) is 17.3 Å². The van der Waals surface area contributed by atoms with E-state index in [9.17, 15) is 4.79 Å². The van der Waals surface area contributed by atoms with Crippen molar-refractivity contribution in [2.24, 2.45) is 17.3 Å². The average molecular weight is 358 g/mol. The van der Waals surface area contributed by atoms with Crippen LogP contribution < -0.4 is 0 Å². The number of allylic oxidation sites excluding steroid dienone is 1. The normalized spacial score (nSPS) is 27.5. The molecule has 2 bridgehead atoms. The molecule has 2 heterocycles. The molecule has 0 unspecified atom stereocenters. The highest BCUT2D eigenvalue weighted by Crippen LogP contribution is 2.59. The van der Waals surface area contributed by atoms with Crippen molar-refractivity contribution in [3.8, 4) is 0 Å². The predicted molar refractivity (Wildman–Crippen MR) is 98.7 cm³/mol. The minimum atomic E-state index is -0.152. The molecular formula is C21H30N2O3. The number of nitrogens with zero attached hydrogens (tertiary/aromatic N) is 2. The van der Waals surface area contributed by atoms with Gasteiger partial charge in [-0.2, -0.15) is 5.10 Å². The van der Waals surface area contributed by atoms with Crippen LogP contribution in [0.2, 0.25) is 0 Å². The molecule has 142 valence electrons. The number of fused-ring (bicyclic) bond motifs is 1. The molecule has 0 radical (unpaired) electrons. The second-order valence-corrected chi connectivity index (χ2v) is 8.58. The van der Waals surface area contributed by atoms with Crippen LogP contribution in [0.5, 0.6) is 0 Å². The third-order valence-corrected chi connectivity index (χ3v) is 6.85. The number of carbonyl (C=O) groups is 1. The Morgan fingerprint density at radius 3 is 2.92 bits per heavy atom. The number of rotatable bonds is 6. The zero-order chi connectivity index (χ0) is 18.1. The lowest BCUT2D eigenvalue weighted by molar-refractivity contribution is -0.143. The predicted octanol–water partition coefficient (Wildman–Crippen LogP) is 3.70. The maximum absolute atomic E-state index is 12.3. The van der Waals surface area contributed by atoms with Gasteiger partial charge < -0.3 is 9.47 Å². The molecular weight excluding hydrogens is 328 g/mol. The van der Waals surface area contributed by atoms with Gasteiger partial charge in [-0.1, -0.05) is 25.5 Å². The first-order valence-corrected chi connectivity index (χ1v) is 10.0. The second-order valence-electron chi connectivity index (χ2n) is 8.58. The largest absolute Gasteiger partial charge is 0.465 e. The Bertz CT molecular complexity index is 685. The third-order valence-electron chi connectivity index (χ3n) is 6.85. The Hall–Kier alpha value is -1.62. The van der Waals surface area contributed by atoms with Gasteiger partial charge in [0.05, 0.1) is 19.1 Å². The molecule has 1 aromatic heterocycles. The van der Waals surface area contributed by atoms with E-state index in [1.54, 1.807) is 6.20 Å². The maximum atomic E-state index is 12.3. The van der Waals surface area contributed by atoms with Crippen molar-refractivity contribution in [2.45, 2.75) is 58.4 Å². The van der Waals surface area contributed by atoms with E-state index in [2.05, 4.69) is 25.0 Å². The number of hydrogen-bond donors (Lipinski definition) is 0. The number of esters is 1. The third kappa shape index (κ3) is 3.34. The summed E-state index contributed by atoms with van der Waals surface area (Å²) in [7, 11) is 0. The zero-order valence-electron chi connectivity index (χ0n) is 15.9. The van der Waals surface area contributed by atoms with Gasteiger partial charge in [-0.05, 0) is 49.0 Å². The van der Waals surface area contributed by atoms with Crippen LogP contribution in [0.4, 0.5) is 0 Å². The number of hydrogen-bond acceptors (Lipinski definition) is 4. The summed E-state index contributed by atoms with van der Waals surface area (Å²) in [5.74, 6) is 1.39. The highest BCUT2D eigenvalue weighted by molar-refractivity contribution is 5.72. The summed E-state index contributed by atoms with van der Waals surface area (Å²) in [6, 6.07) is 2.26. The first-order valence-electron chi connectivity index (χ1n) is 10.0. The first-order chi connectivity index (χ1) is 12.6. The molecule has 1 saturated heterocycles. The molecule has 5 rings (SSSR count). The Balaban J connectivity index is 1.26. The summed E-state index contributed by atoms with van der Waals surface area (Å²) in [5.41, 5.74) is 2.88. The van der Waals surface area contributed by atoms with Crippen LogP contribution in [0.1, 0.15) is 57.7 Å². The summed E-state index contributed by atoms with van der Waals surface area (Å²) >= 11 is 0. The first kappa shape index (κ1) is 17.8. The van der Waals surface area contributed by atoms with Gasteiger partial charge in [0.25, 0.3) is 0 Å². The fourth-order valence-corrected chi connectivity index (χ4v) is 4.98. The van der Waals surface area contributed by atoms with Gasteiger partial charge in [0.2, 0.25) is 0 Å². The Morgan fingerprint density at radius 2 is 2.19 bits per heavy atom. The standard InChI is InChI=1S/C21H30N2O3/c1-21(2)16-4-3-15(19(21)13-16)6-12-26-20(24)14-18-5-9-22-23(18)17-7-10-25-11-8-17/h3,5,9,16-17,19H,4,6-8,10-14H2,1-2H3/t16-,19-/m0/s1. The molecule has 4 aliphatic rings. The maximum Gasteiger partial charge on any atom is 0.311 e. The van der Waals surface area contributed by atoms with Crippen molar-refractivity contribution in [1.29, 1.82) is 0 Å². The van der Waals surface area contributed by atoms with E-state index in [0.29, 0.717) is 30.4 Å². The average Bonchev–Trinajstić information content (AvgIpc) is 3.10. The van der Waals surface area contributed by atoms with Crippen molar-refractivity contribution in [2.75, 3.05) is 19.8 Å². The van der Waals surface area contributed by atoms with E-state index in [1.807, 2.05) is 10.7 Å². The summed E-state index contributed by atoms with van der Waals surface area (Å²) < 4.78 is 13.0. The summed E-state index contributed by atoms with van der Waals surface area (Å²) in [5, 5.41) is 4.42. The molecule has 3 aliphatic carbocycles. The van der Waals surface area contributed by atoms with Crippen LogP contribution in [0.3, 0.4) is 0 Å². The molecule has 1 aromatic rings. The molecule has 0 aromatic carbocycles. The highest BCUT2D eigenvalue weighted by atomic mass is 16.5. The Labute approximate surface area is 155 Å². The van der Waals surface area contributed by atoms with Gasteiger partial charge in [-0.3, -0.25) is 9.48 Å². The fourth-order valence-electron chi connectivity index (χ4n) is 4.98. The summed E-state index contributed by atoms with van der Waals surface area (Å²) in [6.45, 7) is 6.78. The van der Waals surface area contributed by atoms with Gasteiger partial charge >= 0.3 is 5.97 Å². The van der Waals surface area contributed by atoms with Crippen molar-refractivity contribution < 1.29 is 14.3 Å². The molecule has 0 amide bonds. The van der Waals surface area contributed by atoms with Gasteiger partial charge in [0.1, 0.15) is 0 Å². The summed E-state index contributed by atoms with van der Waals surface area (Å²) in [6.07, 6.45) is 9.76. The van der Waals surface area contributed by atoms with Gasteiger partial charge in [0.15, 0.2) is 0 Å². The quantitative estimate of drug-likeness (QED) is 0.575. The van der Waals surface area contributed by atoms with Crippen molar-refractivity contribution in [3.05, 3.63) is 29.6 Å². The van der Waals surface area contributed by atoms with E-state index < -0.39 is 0 Å². The van der Waals surface area contributed by atoms with E-state index in [0.717, 1.165) is 44.1 Å². The van der Waals surface area contributed by atoms with Gasteiger partial charge in [0, 0.05) is 31.5 Å². The van der Waals surface area contributed by atoms with Crippen LogP contribution in [-0.4, -0.2) is 35.6 Å². The molecule has 0 spiro atoms. The molecule has 5 heteroatoms. The molecule has 2 fully saturated rings. The van der Waals surface area contributed by atoms with Gasteiger partial charge in [-0.25, -0.2) is 0 Å². The van der Waals surface area contributed by atoms with E-state index >= 15 is 0 Å². The monoisotopic (exact) mass is 358 g/mol. The zero-order valence-corrected chi connectivity index (χ0v) is 15.9. The molecule has 2 atom stereocenters. The van der Waals surface area contributed by atoms with Crippen LogP contribution in [-0.2, 0) is 20.7 Å². The smallest absolute Gasteiger partial charge is 0.311 e. The second kappa shape index (κ2) is 7.18. The molecule has 26 heavy (non-hydrogen) atoms. The van der Waals surface area contributed by atoms with Crippen molar-refractivity contribution in [1.82, 2.24) is 9.78 Å². The Kier molecular flexibility index (Phi) is 4.91. The van der Waals surface area contributed by atoms with E-state index in [4.69, 9.17) is 9.47 Å². The van der Waals surface area contributed by atoms with Crippen LogP contribution in [0.25, 0.3) is 0 Å². The lowest BCUT2D eigenvalue weighted by atomic mass is 9.48. The van der Waals surface area contributed by atoms with Crippen molar-refractivity contribution >= 4 is 5.97 Å². The number of aromatic nitrogens is 2. The fraction of sp³-hybridized carbons (Fsp3) is 0.714.